The van der Waals surface area contributed by atoms with Gasteiger partial charge in [0.25, 0.3) is 0 Å². The molecule has 0 aromatic carbocycles. The topological polar surface area (TPSA) is 46.5 Å². The number of ketones is 1. The monoisotopic (exact) mass is 169 g/mol. The van der Waals surface area contributed by atoms with E-state index in [-0.39, 0.29) is 12.2 Å². The van der Waals surface area contributed by atoms with Crippen molar-refractivity contribution in [3.05, 3.63) is 17.1 Å². The van der Waals surface area contributed by atoms with Crippen molar-refractivity contribution >= 4 is 5.78 Å². The number of carbonyl (C=O) groups is 1. The molecule has 0 aliphatic rings. The van der Waals surface area contributed by atoms with Gasteiger partial charge in [-0.1, -0.05) is 17.3 Å². The molecule has 0 saturated heterocycles. The average Bonchev–Trinajstić information content (AvgIpc) is 1.84. The highest BCUT2D eigenvalue weighted by atomic mass is 16.3. The minimum atomic E-state index is -0.771. The van der Waals surface area contributed by atoms with Gasteiger partial charge in [0.2, 0.25) is 0 Å². The second kappa shape index (κ2) is 4.14. The first kappa shape index (κ1) is 11.0. The molecule has 0 aromatic rings. The maximum atomic E-state index is 11.2. The Kier molecular flexibility index (Phi) is 3.80. The Morgan fingerprint density at radius 1 is 1.50 bits per heavy atom. The molecule has 0 N–H and O–H groups in total. The van der Waals surface area contributed by atoms with Crippen LogP contribution in [-0.4, -0.2) is 11.3 Å². The van der Waals surface area contributed by atoms with Crippen LogP contribution in [0.5, 0.6) is 0 Å². The van der Waals surface area contributed by atoms with Crippen LogP contribution in [0.15, 0.2) is 17.3 Å². The first-order valence-corrected chi connectivity index (χ1v) is 3.88. The summed E-state index contributed by atoms with van der Waals surface area (Å²) in [7, 11) is 0. The number of hydrogen-bond acceptors (Lipinski definition) is 3. The van der Waals surface area contributed by atoms with Crippen molar-refractivity contribution in [2.45, 2.75) is 39.2 Å². The van der Waals surface area contributed by atoms with Gasteiger partial charge in [-0.25, -0.2) is 0 Å². The molecule has 0 spiro atoms. The van der Waals surface area contributed by atoms with Crippen LogP contribution in [-0.2, 0) is 4.79 Å². The van der Waals surface area contributed by atoms with Gasteiger partial charge in [0, 0.05) is 12.8 Å². The molecule has 0 aliphatic heterocycles. The molecule has 0 heterocycles. The summed E-state index contributed by atoms with van der Waals surface area (Å²) in [5.41, 5.74) is 0.0497. The summed E-state index contributed by atoms with van der Waals surface area (Å²) in [5, 5.41) is 2.87. The van der Waals surface area contributed by atoms with Crippen molar-refractivity contribution < 1.29 is 4.79 Å². The lowest BCUT2D eigenvalue weighted by atomic mass is 9.96. The number of allylic oxidation sites excluding steroid dienone is 1. The fourth-order valence-corrected chi connectivity index (χ4v) is 0.914. The summed E-state index contributed by atoms with van der Waals surface area (Å²) in [6.45, 7) is 8.71. The highest BCUT2D eigenvalue weighted by molar-refractivity contribution is 5.81. The van der Waals surface area contributed by atoms with E-state index in [1.165, 1.54) is 0 Å². The van der Waals surface area contributed by atoms with E-state index in [9.17, 15) is 9.70 Å². The maximum Gasteiger partial charge on any atom is 0.139 e. The molecule has 0 aliphatic carbocycles. The first-order valence-electron chi connectivity index (χ1n) is 3.88. The largest absolute Gasteiger partial charge is 0.299 e. The van der Waals surface area contributed by atoms with E-state index in [2.05, 4.69) is 11.8 Å². The fourth-order valence-electron chi connectivity index (χ4n) is 0.914. The van der Waals surface area contributed by atoms with Crippen molar-refractivity contribution in [2.24, 2.45) is 5.18 Å². The smallest absolute Gasteiger partial charge is 0.139 e. The highest BCUT2D eigenvalue weighted by Gasteiger charge is 2.22. The zero-order chi connectivity index (χ0) is 9.78. The van der Waals surface area contributed by atoms with Gasteiger partial charge in [-0.05, 0) is 20.8 Å². The molecule has 0 rings (SSSR count). The molecular weight excluding hydrogens is 154 g/mol. The predicted octanol–water partition coefficient (Wildman–Crippen LogP) is 2.46. The van der Waals surface area contributed by atoms with E-state index in [0.29, 0.717) is 6.42 Å². The molecule has 3 nitrogen and oxygen atoms in total. The first-order chi connectivity index (χ1) is 5.37. The normalized spacial score (nSPS) is 10.9. The summed E-state index contributed by atoms with van der Waals surface area (Å²) < 4.78 is 0. The molecule has 12 heavy (non-hydrogen) atoms. The summed E-state index contributed by atoms with van der Waals surface area (Å²) in [6, 6.07) is 0. The van der Waals surface area contributed by atoms with Crippen LogP contribution in [0.4, 0.5) is 0 Å². The molecule has 0 saturated carbocycles. The molecule has 0 fully saturated rings. The van der Waals surface area contributed by atoms with Gasteiger partial charge in [-0.15, -0.1) is 0 Å². The summed E-state index contributed by atoms with van der Waals surface area (Å²) in [4.78, 5) is 21.4. The van der Waals surface area contributed by atoms with Crippen molar-refractivity contribution in [1.82, 2.24) is 0 Å². The number of nitroso groups, excluding NO2 is 1. The fraction of sp³-hybridized carbons (Fsp3) is 0.667. The van der Waals surface area contributed by atoms with Gasteiger partial charge in [-0.3, -0.25) is 4.79 Å². The van der Waals surface area contributed by atoms with E-state index in [1.54, 1.807) is 20.8 Å². The maximum absolute atomic E-state index is 11.2. The van der Waals surface area contributed by atoms with Gasteiger partial charge in [-0.2, -0.15) is 4.91 Å². The Labute approximate surface area is 72.8 Å². The molecule has 0 aromatic heterocycles. The Hall–Kier alpha value is -0.990. The van der Waals surface area contributed by atoms with Crippen LogP contribution in [0.25, 0.3) is 0 Å². The third-order valence-corrected chi connectivity index (χ3v) is 1.38. The average molecular weight is 169 g/mol. The summed E-state index contributed by atoms with van der Waals surface area (Å²) in [5.74, 6) is 0.0205. The molecule has 68 valence electrons. The van der Waals surface area contributed by atoms with Gasteiger partial charge in [0.15, 0.2) is 0 Å². The van der Waals surface area contributed by atoms with Crippen LogP contribution < -0.4 is 0 Å². The quantitative estimate of drug-likeness (QED) is 0.468. The minimum Gasteiger partial charge on any atom is -0.299 e. The van der Waals surface area contributed by atoms with Gasteiger partial charge in [0.1, 0.15) is 11.3 Å². The van der Waals surface area contributed by atoms with Crippen LogP contribution in [0, 0.1) is 4.91 Å². The molecule has 0 radical (unpaired) electrons. The van der Waals surface area contributed by atoms with Crippen molar-refractivity contribution in [3.8, 4) is 0 Å². The Balaban J connectivity index is 4.00. The van der Waals surface area contributed by atoms with Gasteiger partial charge < -0.3 is 0 Å². The van der Waals surface area contributed by atoms with E-state index >= 15 is 0 Å². The van der Waals surface area contributed by atoms with E-state index in [0.717, 1.165) is 5.57 Å². The molecule has 3 heteroatoms. The standard InChI is InChI=1S/C9H15NO2/c1-7(2)5-8(11)6-9(3,4)10-12/h1,5-6H2,2-4H3. The zero-order valence-electron chi connectivity index (χ0n) is 7.89. The molecule has 0 atom stereocenters. The van der Waals surface area contributed by atoms with Crippen LogP contribution in [0.1, 0.15) is 33.6 Å². The predicted molar refractivity (Wildman–Crippen MR) is 48.9 cm³/mol. The summed E-state index contributed by atoms with van der Waals surface area (Å²) >= 11 is 0. The second-order valence-electron chi connectivity index (χ2n) is 3.75. The van der Waals surface area contributed by atoms with Crippen LogP contribution in [0.3, 0.4) is 0 Å². The highest BCUT2D eigenvalue weighted by Crippen LogP contribution is 2.16. The second-order valence-corrected chi connectivity index (χ2v) is 3.75. The Bertz CT molecular complexity index is 207. The Morgan fingerprint density at radius 2 is 2.00 bits per heavy atom. The van der Waals surface area contributed by atoms with E-state index in [1.807, 2.05) is 0 Å². The third kappa shape index (κ3) is 4.77. The van der Waals surface area contributed by atoms with E-state index < -0.39 is 5.54 Å². The number of nitrogens with zero attached hydrogens (tertiary/aromatic N) is 1. The number of carbonyl (C=O) groups excluding carboxylic acids is 1. The number of rotatable bonds is 5. The SMILES string of the molecule is C=C(C)CC(=O)CC(C)(C)N=O. The van der Waals surface area contributed by atoms with Crippen molar-refractivity contribution in [3.63, 3.8) is 0 Å². The van der Waals surface area contributed by atoms with Gasteiger partial charge >= 0.3 is 0 Å². The molecular formula is C9H15NO2. The third-order valence-electron chi connectivity index (χ3n) is 1.38. The zero-order valence-corrected chi connectivity index (χ0v) is 7.89. The number of Topliss-reactive ketones (excluding diaryl/α,β-unsaturated/α-hetero) is 1. The molecule has 0 amide bonds. The lowest BCUT2D eigenvalue weighted by molar-refractivity contribution is -0.119. The van der Waals surface area contributed by atoms with Crippen molar-refractivity contribution in [1.29, 1.82) is 0 Å². The minimum absolute atomic E-state index is 0.0205. The van der Waals surface area contributed by atoms with Crippen LogP contribution in [0.2, 0.25) is 0 Å². The Morgan fingerprint density at radius 3 is 2.33 bits per heavy atom. The van der Waals surface area contributed by atoms with Crippen molar-refractivity contribution in [2.75, 3.05) is 0 Å². The lowest BCUT2D eigenvalue weighted by Crippen LogP contribution is -2.20. The van der Waals surface area contributed by atoms with Crippen LogP contribution >= 0.6 is 0 Å². The number of hydrogen-bond donors (Lipinski definition) is 0. The van der Waals surface area contributed by atoms with E-state index in [4.69, 9.17) is 0 Å². The lowest BCUT2D eigenvalue weighted by Gasteiger charge is -2.13. The summed E-state index contributed by atoms with van der Waals surface area (Å²) in [6.07, 6.45) is 0.544. The molecule has 0 bridgehead atoms. The molecule has 0 unspecified atom stereocenters. The van der Waals surface area contributed by atoms with Gasteiger partial charge in [0.05, 0.1) is 0 Å².